The van der Waals surface area contributed by atoms with Crippen LogP contribution >= 0.6 is 11.6 Å². The Morgan fingerprint density at radius 2 is 1.73 bits per heavy atom. The minimum atomic E-state index is -0.971. The Morgan fingerprint density at radius 1 is 1.15 bits per heavy atom. The Hall–Kier alpha value is -2.38. The van der Waals surface area contributed by atoms with Gasteiger partial charge in [-0.1, -0.05) is 28.9 Å². The molecule has 1 aromatic carbocycles. The standard InChI is InChI=1S/C18H20ClN3O4/c1-11(23)17-15(16(20-26-17)13-3-5-14(19)6-4-13)18(25)22-9-7-21(8-10-22)12(2)24/h3-6,11,23H,7-10H2,1-2H3/t11-/m0/s1. The van der Waals surface area contributed by atoms with Crippen molar-refractivity contribution in [2.45, 2.75) is 20.0 Å². The number of aliphatic hydroxyl groups excluding tert-OH is 1. The van der Waals surface area contributed by atoms with Crippen molar-refractivity contribution in [3.63, 3.8) is 0 Å². The Bertz CT molecular complexity index is 808. The van der Waals surface area contributed by atoms with Crippen LogP contribution in [-0.2, 0) is 4.79 Å². The molecule has 0 aliphatic carbocycles. The van der Waals surface area contributed by atoms with Gasteiger partial charge in [0, 0.05) is 43.7 Å². The third-order valence-corrected chi connectivity index (χ3v) is 4.69. The van der Waals surface area contributed by atoms with Gasteiger partial charge in [0.2, 0.25) is 5.91 Å². The van der Waals surface area contributed by atoms with Crippen LogP contribution in [-0.4, -0.2) is 58.1 Å². The third kappa shape index (κ3) is 3.59. The highest BCUT2D eigenvalue weighted by Crippen LogP contribution is 2.31. The highest BCUT2D eigenvalue weighted by molar-refractivity contribution is 6.30. The molecular weight excluding hydrogens is 358 g/mol. The topological polar surface area (TPSA) is 86.9 Å². The zero-order chi connectivity index (χ0) is 18.8. The van der Waals surface area contributed by atoms with Gasteiger partial charge in [-0.3, -0.25) is 9.59 Å². The number of carbonyl (C=O) groups is 2. The molecule has 0 unspecified atom stereocenters. The average molecular weight is 378 g/mol. The molecule has 0 bridgehead atoms. The van der Waals surface area contributed by atoms with E-state index in [1.54, 1.807) is 34.1 Å². The normalized spacial score (nSPS) is 15.8. The molecule has 0 spiro atoms. The summed E-state index contributed by atoms with van der Waals surface area (Å²) in [6, 6.07) is 6.90. The summed E-state index contributed by atoms with van der Waals surface area (Å²) in [5.41, 5.74) is 1.30. The first-order valence-electron chi connectivity index (χ1n) is 8.37. The SMILES string of the molecule is CC(=O)N1CCN(C(=O)c2c(-c3ccc(Cl)cc3)noc2[C@H](C)O)CC1. The van der Waals surface area contributed by atoms with E-state index in [-0.39, 0.29) is 23.1 Å². The molecule has 3 rings (SSSR count). The molecule has 26 heavy (non-hydrogen) atoms. The van der Waals surface area contributed by atoms with Gasteiger partial charge in [-0.25, -0.2) is 0 Å². The summed E-state index contributed by atoms with van der Waals surface area (Å²) >= 11 is 5.93. The maximum absolute atomic E-state index is 13.1. The second kappa shape index (κ2) is 7.47. The van der Waals surface area contributed by atoms with Crippen molar-refractivity contribution in [1.29, 1.82) is 0 Å². The molecule has 0 radical (unpaired) electrons. The smallest absolute Gasteiger partial charge is 0.259 e. The molecule has 8 heteroatoms. The van der Waals surface area contributed by atoms with E-state index in [1.165, 1.54) is 13.8 Å². The van der Waals surface area contributed by atoms with Crippen LogP contribution in [0.1, 0.15) is 36.1 Å². The molecule has 1 aliphatic heterocycles. The zero-order valence-electron chi connectivity index (χ0n) is 14.6. The molecule has 2 aromatic rings. The zero-order valence-corrected chi connectivity index (χ0v) is 15.4. The summed E-state index contributed by atoms with van der Waals surface area (Å²) in [5.74, 6) is -0.141. The molecule has 1 aliphatic rings. The number of benzene rings is 1. The first kappa shape index (κ1) is 18.4. The first-order chi connectivity index (χ1) is 12.4. The van der Waals surface area contributed by atoms with Crippen LogP contribution in [0.2, 0.25) is 5.02 Å². The lowest BCUT2D eigenvalue weighted by atomic mass is 10.0. The van der Waals surface area contributed by atoms with Gasteiger partial charge in [-0.2, -0.15) is 0 Å². The van der Waals surface area contributed by atoms with Gasteiger partial charge in [0.1, 0.15) is 17.4 Å². The average Bonchev–Trinajstić information content (AvgIpc) is 3.07. The van der Waals surface area contributed by atoms with E-state index in [0.717, 1.165) is 0 Å². The van der Waals surface area contributed by atoms with E-state index in [4.69, 9.17) is 16.1 Å². The van der Waals surface area contributed by atoms with E-state index < -0.39 is 6.10 Å². The maximum Gasteiger partial charge on any atom is 0.259 e. The molecule has 2 heterocycles. The van der Waals surface area contributed by atoms with E-state index >= 15 is 0 Å². The Kier molecular flexibility index (Phi) is 5.29. The Balaban J connectivity index is 1.92. The molecule has 1 N–H and O–H groups in total. The van der Waals surface area contributed by atoms with E-state index in [2.05, 4.69) is 5.16 Å². The Morgan fingerprint density at radius 3 is 2.27 bits per heavy atom. The van der Waals surface area contributed by atoms with Crippen molar-refractivity contribution in [3.05, 3.63) is 40.6 Å². The van der Waals surface area contributed by atoms with Crippen LogP contribution < -0.4 is 0 Å². The monoisotopic (exact) mass is 377 g/mol. The molecule has 1 atom stereocenters. The quantitative estimate of drug-likeness (QED) is 0.887. The van der Waals surface area contributed by atoms with Crippen LogP contribution in [0.25, 0.3) is 11.3 Å². The lowest BCUT2D eigenvalue weighted by Gasteiger charge is -2.34. The predicted molar refractivity (Wildman–Crippen MR) is 95.7 cm³/mol. The summed E-state index contributed by atoms with van der Waals surface area (Å²) in [5, 5.41) is 14.6. The van der Waals surface area contributed by atoms with Gasteiger partial charge in [0.25, 0.3) is 5.91 Å². The number of nitrogens with zero attached hydrogens (tertiary/aromatic N) is 3. The Labute approximate surface area is 156 Å². The van der Waals surface area contributed by atoms with Crippen molar-refractivity contribution in [2.75, 3.05) is 26.2 Å². The summed E-state index contributed by atoms with van der Waals surface area (Å²) in [4.78, 5) is 27.9. The number of aromatic nitrogens is 1. The maximum atomic E-state index is 13.1. The van der Waals surface area contributed by atoms with Crippen molar-refractivity contribution in [3.8, 4) is 11.3 Å². The van der Waals surface area contributed by atoms with Crippen LogP contribution in [0.3, 0.4) is 0 Å². The lowest BCUT2D eigenvalue weighted by molar-refractivity contribution is -0.130. The second-order valence-electron chi connectivity index (χ2n) is 6.25. The first-order valence-corrected chi connectivity index (χ1v) is 8.74. The molecule has 2 amide bonds. The highest BCUT2D eigenvalue weighted by atomic mass is 35.5. The fourth-order valence-corrected chi connectivity index (χ4v) is 3.11. The van der Waals surface area contributed by atoms with E-state index in [9.17, 15) is 14.7 Å². The molecule has 1 saturated heterocycles. The van der Waals surface area contributed by atoms with Gasteiger partial charge in [-0.05, 0) is 19.1 Å². The summed E-state index contributed by atoms with van der Waals surface area (Å²) in [6.07, 6.45) is -0.971. The van der Waals surface area contributed by atoms with Gasteiger partial charge in [-0.15, -0.1) is 0 Å². The number of hydrogen-bond donors (Lipinski definition) is 1. The van der Waals surface area contributed by atoms with Crippen LogP contribution in [0.4, 0.5) is 0 Å². The largest absolute Gasteiger partial charge is 0.385 e. The summed E-state index contributed by atoms with van der Waals surface area (Å²) in [7, 11) is 0. The van der Waals surface area contributed by atoms with Crippen LogP contribution in [0.15, 0.2) is 28.8 Å². The molecule has 7 nitrogen and oxygen atoms in total. The van der Waals surface area contributed by atoms with Crippen molar-refractivity contribution < 1.29 is 19.2 Å². The fraction of sp³-hybridized carbons (Fsp3) is 0.389. The lowest BCUT2D eigenvalue weighted by Crippen LogP contribution is -2.50. The van der Waals surface area contributed by atoms with Crippen LogP contribution in [0.5, 0.6) is 0 Å². The van der Waals surface area contributed by atoms with Gasteiger partial charge in [0.05, 0.1) is 0 Å². The van der Waals surface area contributed by atoms with E-state index in [1.807, 2.05) is 0 Å². The fourth-order valence-electron chi connectivity index (χ4n) is 2.98. The van der Waals surface area contributed by atoms with Crippen molar-refractivity contribution in [1.82, 2.24) is 15.0 Å². The van der Waals surface area contributed by atoms with Crippen LogP contribution in [0, 0.1) is 0 Å². The van der Waals surface area contributed by atoms with Crippen molar-refractivity contribution in [2.24, 2.45) is 0 Å². The van der Waals surface area contributed by atoms with Gasteiger partial charge >= 0.3 is 0 Å². The minimum Gasteiger partial charge on any atom is -0.385 e. The third-order valence-electron chi connectivity index (χ3n) is 4.44. The van der Waals surface area contributed by atoms with Gasteiger partial charge in [0.15, 0.2) is 5.76 Å². The summed E-state index contributed by atoms with van der Waals surface area (Å²) < 4.78 is 5.27. The number of piperazine rings is 1. The molecule has 1 aromatic heterocycles. The van der Waals surface area contributed by atoms with Gasteiger partial charge < -0.3 is 19.4 Å². The number of rotatable bonds is 3. The number of carbonyl (C=O) groups excluding carboxylic acids is 2. The molecular formula is C18H20ClN3O4. The number of amides is 2. The minimum absolute atomic E-state index is 0.00593. The molecule has 138 valence electrons. The summed E-state index contributed by atoms with van der Waals surface area (Å²) in [6.45, 7) is 4.84. The second-order valence-corrected chi connectivity index (χ2v) is 6.69. The number of aliphatic hydroxyl groups is 1. The molecule has 0 saturated carbocycles. The molecule has 1 fully saturated rings. The van der Waals surface area contributed by atoms with E-state index in [0.29, 0.717) is 42.5 Å². The number of halogens is 1. The van der Waals surface area contributed by atoms with Crippen molar-refractivity contribution >= 4 is 23.4 Å². The predicted octanol–water partition coefficient (Wildman–Crippen LogP) is 2.35. The number of hydrogen-bond acceptors (Lipinski definition) is 5. The highest BCUT2D eigenvalue weighted by Gasteiger charge is 2.31.